The van der Waals surface area contributed by atoms with E-state index in [0.717, 1.165) is 33.9 Å². The molecule has 0 fully saturated rings. The van der Waals surface area contributed by atoms with Gasteiger partial charge in [0.2, 0.25) is 0 Å². The summed E-state index contributed by atoms with van der Waals surface area (Å²) in [6.07, 6.45) is 0.720. The van der Waals surface area contributed by atoms with Crippen molar-refractivity contribution in [3.63, 3.8) is 0 Å². The smallest absolute Gasteiger partial charge is 0.168 e. The Morgan fingerprint density at radius 3 is 1.05 bits per heavy atom. The van der Waals surface area contributed by atoms with Crippen molar-refractivity contribution in [2.24, 2.45) is 9.98 Å². The maximum Gasteiger partial charge on any atom is 0.168 e. The molecule has 0 saturated carbocycles. The summed E-state index contributed by atoms with van der Waals surface area (Å²) in [6, 6.07) is 38.0. The van der Waals surface area contributed by atoms with E-state index in [1.54, 1.807) is 0 Å². The van der Waals surface area contributed by atoms with Crippen LogP contribution in [-0.4, -0.2) is 23.0 Å². The zero-order valence-electron chi connectivity index (χ0n) is 21.0. The molecule has 0 saturated heterocycles. The maximum atomic E-state index is 12.0. The zero-order chi connectivity index (χ0) is 25.6. The summed E-state index contributed by atoms with van der Waals surface area (Å²) < 4.78 is 0. The largest absolute Gasteiger partial charge is 0.294 e. The quantitative estimate of drug-likeness (QED) is 0.131. The Morgan fingerprint density at radius 1 is 0.486 bits per heavy atom. The molecule has 0 aliphatic heterocycles. The first-order chi connectivity index (χ1) is 17.5. The number of aliphatic imine (C=N–C) groups is 2. The first-order valence-electron chi connectivity index (χ1n) is 11.9. The van der Waals surface area contributed by atoms with Crippen molar-refractivity contribution in [1.82, 2.24) is 0 Å². The second kappa shape index (κ2) is 15.9. The molecule has 0 heterocycles. The number of para-hydroxylation sites is 2. The predicted octanol–water partition coefficient (Wildman–Crippen LogP) is 8.10. The normalized spacial score (nSPS) is 11.0. The van der Waals surface area contributed by atoms with Gasteiger partial charge in [0.1, 0.15) is 0 Å². The van der Waals surface area contributed by atoms with Crippen molar-refractivity contribution < 1.29 is 26.1 Å². The van der Waals surface area contributed by atoms with Gasteiger partial charge in [-0.15, -0.1) is 0 Å². The van der Waals surface area contributed by atoms with Crippen molar-refractivity contribution in [2.75, 3.05) is 0 Å². The van der Waals surface area contributed by atoms with Gasteiger partial charge in [-0.05, 0) is 38.1 Å². The third-order valence-electron chi connectivity index (χ3n) is 5.18. The van der Waals surface area contributed by atoms with E-state index in [9.17, 15) is 9.59 Å². The average molecular weight is 533 g/mol. The molecule has 5 heteroatoms. The van der Waals surface area contributed by atoms with Crippen molar-refractivity contribution in [3.05, 3.63) is 132 Å². The molecule has 0 aromatic heterocycles. The molecule has 4 aromatic rings. The fourth-order valence-electron chi connectivity index (χ4n) is 3.44. The van der Waals surface area contributed by atoms with Gasteiger partial charge >= 0.3 is 0 Å². The minimum Gasteiger partial charge on any atom is -0.294 e. The van der Waals surface area contributed by atoms with E-state index in [1.165, 1.54) is 0 Å². The van der Waals surface area contributed by atoms with E-state index >= 15 is 0 Å². The average Bonchev–Trinajstić information content (AvgIpc) is 2.91. The number of hydrogen-bond donors (Lipinski definition) is 0. The van der Waals surface area contributed by atoms with Crippen molar-refractivity contribution >= 4 is 34.4 Å². The van der Waals surface area contributed by atoms with Gasteiger partial charge in [0.15, 0.2) is 11.6 Å². The molecule has 4 rings (SSSR count). The van der Waals surface area contributed by atoms with Crippen LogP contribution >= 0.6 is 0 Å². The number of carbonyl (C=O) groups is 2. The minimum absolute atomic E-state index is 0. The molecular formula is C32H30N2NiO2. The number of nitrogens with zero attached hydrogens (tertiary/aromatic N) is 2. The van der Waals surface area contributed by atoms with Crippen LogP contribution in [0.1, 0.15) is 47.4 Å². The number of benzene rings is 4. The van der Waals surface area contributed by atoms with Crippen LogP contribution in [0.4, 0.5) is 11.4 Å². The number of hydrogen-bond acceptors (Lipinski definition) is 4. The molecule has 0 amide bonds. The zero-order valence-corrected chi connectivity index (χ0v) is 22.0. The second-order valence-electron chi connectivity index (χ2n) is 8.30. The van der Waals surface area contributed by atoms with Gasteiger partial charge in [-0.2, -0.15) is 0 Å². The molecule has 0 unspecified atom stereocenters. The third-order valence-corrected chi connectivity index (χ3v) is 5.18. The fourth-order valence-corrected chi connectivity index (χ4v) is 3.44. The van der Waals surface area contributed by atoms with Crippen LogP contribution in [-0.2, 0) is 16.5 Å². The molecule has 190 valence electrons. The summed E-state index contributed by atoms with van der Waals surface area (Å²) in [4.78, 5) is 32.8. The van der Waals surface area contributed by atoms with Gasteiger partial charge in [-0.1, -0.05) is 97.1 Å². The standard InChI is InChI=1S/2C16H15NO.Ni/c2*1-13(17-15-10-6-3-7-11-15)12-16(18)14-8-4-2-5-9-14;/h2*2-11H,12H2,1H3;. The Labute approximate surface area is 229 Å². The van der Waals surface area contributed by atoms with Crippen LogP contribution in [0.25, 0.3) is 0 Å². The summed E-state index contributed by atoms with van der Waals surface area (Å²) in [6.45, 7) is 3.77. The SMILES string of the molecule is CC(CC(=O)c1ccccc1)=Nc1ccccc1.CC(CC(=O)c1ccccc1)=Nc1ccccc1.[Ni]. The summed E-state index contributed by atoms with van der Waals surface area (Å²) in [5.74, 6) is 0.209. The van der Waals surface area contributed by atoms with E-state index in [-0.39, 0.29) is 28.1 Å². The van der Waals surface area contributed by atoms with Gasteiger partial charge in [-0.25, -0.2) is 0 Å². The van der Waals surface area contributed by atoms with E-state index in [2.05, 4.69) is 9.98 Å². The minimum atomic E-state index is 0. The van der Waals surface area contributed by atoms with Crippen LogP contribution < -0.4 is 0 Å². The third kappa shape index (κ3) is 10.7. The fraction of sp³-hybridized carbons (Fsp3) is 0.125. The monoisotopic (exact) mass is 532 g/mol. The molecule has 37 heavy (non-hydrogen) atoms. The summed E-state index contributed by atoms with van der Waals surface area (Å²) in [5.41, 5.74) is 4.90. The first-order valence-corrected chi connectivity index (χ1v) is 11.9. The van der Waals surface area contributed by atoms with Crippen LogP contribution in [0.3, 0.4) is 0 Å². The van der Waals surface area contributed by atoms with Gasteiger partial charge < -0.3 is 0 Å². The first kappa shape index (κ1) is 29.3. The van der Waals surface area contributed by atoms with E-state index in [0.29, 0.717) is 12.8 Å². The molecule has 0 atom stereocenters. The Balaban J connectivity index is 0.000000253. The van der Waals surface area contributed by atoms with E-state index in [4.69, 9.17) is 0 Å². The molecule has 0 aliphatic rings. The van der Waals surface area contributed by atoms with E-state index < -0.39 is 0 Å². The Kier molecular flexibility index (Phi) is 12.6. The molecule has 0 radical (unpaired) electrons. The summed E-state index contributed by atoms with van der Waals surface area (Å²) >= 11 is 0. The molecule has 4 nitrogen and oxygen atoms in total. The number of carbonyl (C=O) groups excluding carboxylic acids is 2. The summed E-state index contributed by atoms with van der Waals surface area (Å²) in [5, 5.41) is 0. The van der Waals surface area contributed by atoms with Gasteiger partial charge in [0.05, 0.1) is 11.4 Å². The molecule has 0 bridgehead atoms. The Hall–Kier alpha value is -3.95. The topological polar surface area (TPSA) is 58.9 Å². The van der Waals surface area contributed by atoms with Crippen LogP contribution in [0.15, 0.2) is 131 Å². The molecule has 0 aliphatic carbocycles. The maximum absolute atomic E-state index is 12.0. The molecular weight excluding hydrogens is 503 g/mol. The Bertz CT molecular complexity index is 1200. The van der Waals surface area contributed by atoms with Gasteiger partial charge in [-0.3, -0.25) is 19.6 Å². The Morgan fingerprint density at radius 2 is 0.757 bits per heavy atom. The van der Waals surface area contributed by atoms with Gasteiger partial charge in [0.25, 0.3) is 0 Å². The summed E-state index contributed by atoms with van der Waals surface area (Å²) in [7, 11) is 0. The predicted molar refractivity (Wildman–Crippen MR) is 149 cm³/mol. The van der Waals surface area contributed by atoms with E-state index in [1.807, 2.05) is 135 Å². The number of rotatable bonds is 8. The van der Waals surface area contributed by atoms with Gasteiger partial charge in [0, 0.05) is 51.9 Å². The van der Waals surface area contributed by atoms with Crippen LogP contribution in [0.2, 0.25) is 0 Å². The second-order valence-corrected chi connectivity index (χ2v) is 8.30. The van der Waals surface area contributed by atoms with Crippen LogP contribution in [0.5, 0.6) is 0 Å². The molecule has 4 aromatic carbocycles. The number of ketones is 2. The van der Waals surface area contributed by atoms with Crippen molar-refractivity contribution in [1.29, 1.82) is 0 Å². The van der Waals surface area contributed by atoms with Crippen molar-refractivity contribution in [3.8, 4) is 0 Å². The molecule has 0 N–H and O–H groups in total. The van der Waals surface area contributed by atoms with Crippen molar-refractivity contribution in [2.45, 2.75) is 26.7 Å². The molecule has 0 spiro atoms. The van der Waals surface area contributed by atoms with Crippen LogP contribution in [0, 0.1) is 0 Å². The number of Topliss-reactive ketones (excluding diaryl/α,β-unsaturated/α-hetero) is 2.